The first kappa shape index (κ1) is 14.2. The van der Waals surface area contributed by atoms with E-state index in [0.717, 1.165) is 25.9 Å². The summed E-state index contributed by atoms with van der Waals surface area (Å²) in [4.78, 5) is 14.2. The maximum absolute atomic E-state index is 13.0. The highest BCUT2D eigenvalue weighted by atomic mass is 19.1. The Labute approximate surface area is 113 Å². The van der Waals surface area contributed by atoms with E-state index in [9.17, 15) is 9.18 Å². The molecule has 0 radical (unpaired) electrons. The van der Waals surface area contributed by atoms with E-state index in [1.807, 2.05) is 0 Å². The summed E-state index contributed by atoms with van der Waals surface area (Å²) in [5.74, 6) is 0.0357. The molecular formula is C15H20FNO2. The molecule has 1 aromatic carbocycles. The van der Waals surface area contributed by atoms with Crippen molar-refractivity contribution in [3.63, 3.8) is 0 Å². The SMILES string of the molecule is O=C(CCN1CCC(CO)CC1)c1cccc(F)c1. The summed E-state index contributed by atoms with van der Waals surface area (Å²) in [5.41, 5.74) is 0.449. The van der Waals surface area contributed by atoms with Gasteiger partial charge in [-0.2, -0.15) is 0 Å². The number of hydrogen-bond donors (Lipinski definition) is 1. The molecule has 0 spiro atoms. The van der Waals surface area contributed by atoms with E-state index in [4.69, 9.17) is 5.11 Å². The van der Waals surface area contributed by atoms with Gasteiger partial charge in [0.25, 0.3) is 0 Å². The molecule has 19 heavy (non-hydrogen) atoms. The van der Waals surface area contributed by atoms with Gasteiger partial charge in [0.1, 0.15) is 5.82 Å². The topological polar surface area (TPSA) is 40.5 Å². The average Bonchev–Trinajstić information content (AvgIpc) is 2.45. The van der Waals surface area contributed by atoms with E-state index in [1.165, 1.54) is 12.1 Å². The van der Waals surface area contributed by atoms with Crippen molar-refractivity contribution in [2.45, 2.75) is 19.3 Å². The first-order valence-electron chi connectivity index (χ1n) is 6.81. The van der Waals surface area contributed by atoms with Crippen LogP contribution in [0.3, 0.4) is 0 Å². The smallest absolute Gasteiger partial charge is 0.164 e. The number of likely N-dealkylation sites (tertiary alicyclic amines) is 1. The Morgan fingerprint density at radius 2 is 2.11 bits per heavy atom. The second-order valence-corrected chi connectivity index (χ2v) is 5.15. The van der Waals surface area contributed by atoms with Crippen LogP contribution in [0.2, 0.25) is 0 Å². The van der Waals surface area contributed by atoms with Crippen LogP contribution in [0, 0.1) is 11.7 Å². The molecule has 0 atom stereocenters. The number of carbonyl (C=O) groups is 1. The number of aliphatic hydroxyl groups is 1. The monoisotopic (exact) mass is 265 g/mol. The predicted molar refractivity (Wildman–Crippen MR) is 71.6 cm³/mol. The lowest BCUT2D eigenvalue weighted by atomic mass is 9.97. The molecule has 1 heterocycles. The molecule has 1 N–H and O–H groups in total. The summed E-state index contributed by atoms with van der Waals surface area (Å²) in [7, 11) is 0. The molecule has 2 rings (SSSR count). The predicted octanol–water partition coefficient (Wildman–Crippen LogP) is 2.10. The van der Waals surface area contributed by atoms with Crippen molar-refractivity contribution < 1.29 is 14.3 Å². The van der Waals surface area contributed by atoms with Crippen LogP contribution in [0.1, 0.15) is 29.6 Å². The molecule has 1 aliphatic heterocycles. The van der Waals surface area contributed by atoms with Crippen LogP contribution in [0.4, 0.5) is 4.39 Å². The summed E-state index contributed by atoms with van der Waals surface area (Å²) in [6.45, 7) is 2.84. The third-order valence-electron chi connectivity index (χ3n) is 3.77. The summed E-state index contributed by atoms with van der Waals surface area (Å²) in [6.07, 6.45) is 2.41. The Bertz CT molecular complexity index is 428. The van der Waals surface area contributed by atoms with Crippen molar-refractivity contribution in [3.05, 3.63) is 35.6 Å². The van der Waals surface area contributed by atoms with Gasteiger partial charge in [-0.25, -0.2) is 4.39 Å². The number of halogens is 1. The molecule has 1 fully saturated rings. The van der Waals surface area contributed by atoms with Gasteiger partial charge in [0.2, 0.25) is 0 Å². The van der Waals surface area contributed by atoms with Gasteiger partial charge in [0.15, 0.2) is 5.78 Å². The molecule has 0 aliphatic carbocycles. The van der Waals surface area contributed by atoms with Crippen LogP contribution in [-0.4, -0.2) is 42.0 Å². The second-order valence-electron chi connectivity index (χ2n) is 5.15. The quantitative estimate of drug-likeness (QED) is 0.829. The number of ketones is 1. The molecule has 4 heteroatoms. The van der Waals surface area contributed by atoms with Crippen LogP contribution in [0.15, 0.2) is 24.3 Å². The molecule has 1 aliphatic rings. The third-order valence-corrected chi connectivity index (χ3v) is 3.77. The highest BCUT2D eigenvalue weighted by Gasteiger charge is 2.19. The largest absolute Gasteiger partial charge is 0.396 e. The molecule has 0 bridgehead atoms. The van der Waals surface area contributed by atoms with E-state index < -0.39 is 0 Å². The second kappa shape index (κ2) is 6.78. The number of Topliss-reactive ketones (excluding diaryl/α,β-unsaturated/α-hetero) is 1. The maximum atomic E-state index is 13.0. The Kier molecular flexibility index (Phi) is 5.05. The summed E-state index contributed by atoms with van der Waals surface area (Å²) in [5, 5.41) is 9.06. The van der Waals surface area contributed by atoms with Gasteiger partial charge >= 0.3 is 0 Å². The summed E-state index contributed by atoms with van der Waals surface area (Å²) < 4.78 is 13.0. The number of aliphatic hydroxyl groups excluding tert-OH is 1. The van der Waals surface area contributed by atoms with Crippen molar-refractivity contribution in [2.24, 2.45) is 5.92 Å². The lowest BCUT2D eigenvalue weighted by Gasteiger charge is -2.30. The normalized spacial score (nSPS) is 17.6. The zero-order valence-corrected chi connectivity index (χ0v) is 11.0. The number of nitrogens with zero attached hydrogens (tertiary/aromatic N) is 1. The maximum Gasteiger partial charge on any atom is 0.164 e. The Morgan fingerprint density at radius 3 is 2.74 bits per heavy atom. The van der Waals surface area contributed by atoms with Crippen LogP contribution in [-0.2, 0) is 0 Å². The molecule has 0 unspecified atom stereocenters. The van der Waals surface area contributed by atoms with Gasteiger partial charge in [-0.05, 0) is 44.0 Å². The number of benzene rings is 1. The van der Waals surface area contributed by atoms with Gasteiger partial charge in [-0.3, -0.25) is 4.79 Å². The first-order valence-corrected chi connectivity index (χ1v) is 6.81. The minimum atomic E-state index is -0.366. The van der Waals surface area contributed by atoms with Crippen molar-refractivity contribution in [3.8, 4) is 0 Å². The fraction of sp³-hybridized carbons (Fsp3) is 0.533. The van der Waals surface area contributed by atoms with E-state index in [2.05, 4.69) is 4.90 Å². The molecule has 0 saturated carbocycles. The Balaban J connectivity index is 1.78. The lowest BCUT2D eigenvalue weighted by molar-refractivity contribution is 0.0932. The lowest BCUT2D eigenvalue weighted by Crippen LogP contribution is -2.36. The van der Waals surface area contributed by atoms with Gasteiger partial charge in [0.05, 0.1) is 0 Å². The van der Waals surface area contributed by atoms with E-state index >= 15 is 0 Å². The fourth-order valence-electron chi connectivity index (χ4n) is 2.46. The van der Waals surface area contributed by atoms with Gasteiger partial charge in [-0.15, -0.1) is 0 Å². The van der Waals surface area contributed by atoms with Crippen molar-refractivity contribution >= 4 is 5.78 Å². The number of carbonyl (C=O) groups excluding carboxylic acids is 1. The summed E-state index contributed by atoms with van der Waals surface area (Å²) >= 11 is 0. The molecule has 0 aromatic heterocycles. The van der Waals surface area contributed by atoms with Crippen molar-refractivity contribution in [2.75, 3.05) is 26.2 Å². The van der Waals surface area contributed by atoms with E-state index in [-0.39, 0.29) is 18.2 Å². The molecule has 1 aromatic rings. The first-order chi connectivity index (χ1) is 9.19. The average molecular weight is 265 g/mol. The van der Waals surface area contributed by atoms with E-state index in [1.54, 1.807) is 12.1 Å². The minimum absolute atomic E-state index is 0.0104. The number of hydrogen-bond acceptors (Lipinski definition) is 3. The fourth-order valence-corrected chi connectivity index (χ4v) is 2.46. The highest BCUT2D eigenvalue weighted by Crippen LogP contribution is 2.17. The number of piperidine rings is 1. The highest BCUT2D eigenvalue weighted by molar-refractivity contribution is 5.96. The minimum Gasteiger partial charge on any atom is -0.396 e. The van der Waals surface area contributed by atoms with Crippen LogP contribution in [0.25, 0.3) is 0 Å². The molecule has 3 nitrogen and oxygen atoms in total. The van der Waals surface area contributed by atoms with Crippen LogP contribution >= 0.6 is 0 Å². The number of rotatable bonds is 5. The molecular weight excluding hydrogens is 245 g/mol. The summed E-state index contributed by atoms with van der Waals surface area (Å²) in [6, 6.07) is 5.86. The standard InChI is InChI=1S/C15H20FNO2/c16-14-3-1-2-13(10-14)15(19)6-9-17-7-4-12(11-18)5-8-17/h1-3,10,12,18H,4-9,11H2. The van der Waals surface area contributed by atoms with E-state index in [0.29, 0.717) is 24.4 Å². The molecule has 104 valence electrons. The van der Waals surface area contributed by atoms with Crippen molar-refractivity contribution in [1.29, 1.82) is 0 Å². The zero-order valence-electron chi connectivity index (χ0n) is 11.0. The van der Waals surface area contributed by atoms with Crippen LogP contribution < -0.4 is 0 Å². The Morgan fingerprint density at radius 1 is 1.37 bits per heavy atom. The van der Waals surface area contributed by atoms with Gasteiger partial charge in [0, 0.05) is 25.1 Å². The Hall–Kier alpha value is -1.26. The van der Waals surface area contributed by atoms with Crippen LogP contribution in [0.5, 0.6) is 0 Å². The van der Waals surface area contributed by atoms with Crippen molar-refractivity contribution in [1.82, 2.24) is 4.90 Å². The molecule has 1 saturated heterocycles. The third kappa shape index (κ3) is 4.11. The van der Waals surface area contributed by atoms with Gasteiger partial charge < -0.3 is 10.0 Å². The molecule has 0 amide bonds. The van der Waals surface area contributed by atoms with Gasteiger partial charge in [-0.1, -0.05) is 12.1 Å². The zero-order chi connectivity index (χ0) is 13.7.